The van der Waals surface area contributed by atoms with Gasteiger partial charge in [0.05, 0.1) is 0 Å². The maximum Gasteiger partial charge on any atom is 0.325 e. The fraction of sp³-hybridized carbons (Fsp3) is 0.286. The maximum absolute atomic E-state index is 12.3. The number of anilines is 2. The fourth-order valence-corrected chi connectivity index (χ4v) is 3.97. The number of hydrogen-bond acceptors (Lipinski definition) is 3. The highest BCUT2D eigenvalue weighted by Crippen LogP contribution is 2.39. The van der Waals surface area contributed by atoms with Gasteiger partial charge in [-0.15, -0.1) is 0 Å². The van der Waals surface area contributed by atoms with E-state index in [4.69, 9.17) is 0 Å². The van der Waals surface area contributed by atoms with Crippen LogP contribution in [0.2, 0.25) is 0 Å². The first-order valence-electron chi connectivity index (χ1n) is 9.42. The van der Waals surface area contributed by atoms with E-state index in [1.165, 1.54) is 0 Å². The molecule has 0 aromatic heterocycles. The third-order valence-corrected chi connectivity index (χ3v) is 5.42. The first-order valence-corrected chi connectivity index (χ1v) is 9.42. The van der Waals surface area contributed by atoms with Crippen molar-refractivity contribution in [2.24, 2.45) is 0 Å². The first-order chi connectivity index (χ1) is 13.6. The summed E-state index contributed by atoms with van der Waals surface area (Å²) in [7, 11) is 0. The van der Waals surface area contributed by atoms with Crippen LogP contribution in [-0.2, 0) is 11.3 Å². The van der Waals surface area contributed by atoms with Crippen LogP contribution in [0.15, 0.2) is 54.6 Å². The number of nitrogens with one attached hydrogen (secondary N) is 3. The fourth-order valence-electron chi connectivity index (χ4n) is 3.97. The number of urea groups is 2. The lowest BCUT2D eigenvalue weighted by Crippen LogP contribution is -2.46. The topological polar surface area (TPSA) is 90.5 Å². The highest BCUT2D eigenvalue weighted by molar-refractivity contribution is 6.07. The minimum absolute atomic E-state index is 0.175. The zero-order chi connectivity index (χ0) is 19.6. The quantitative estimate of drug-likeness (QED) is 0.709. The predicted molar refractivity (Wildman–Crippen MR) is 106 cm³/mol. The molecule has 144 valence electrons. The van der Waals surface area contributed by atoms with Crippen molar-refractivity contribution in [3.8, 4) is 0 Å². The molecule has 2 aromatic carbocycles. The Morgan fingerprint density at radius 3 is 2.18 bits per heavy atom. The summed E-state index contributed by atoms with van der Waals surface area (Å²) in [5, 5.41) is 8.00. The van der Waals surface area contributed by atoms with Gasteiger partial charge in [0, 0.05) is 17.9 Å². The summed E-state index contributed by atoms with van der Waals surface area (Å²) < 4.78 is 0. The van der Waals surface area contributed by atoms with Crippen molar-refractivity contribution in [1.29, 1.82) is 0 Å². The number of carbonyl (C=O) groups excluding carboxylic acids is 3. The van der Waals surface area contributed by atoms with Gasteiger partial charge in [0.2, 0.25) is 0 Å². The van der Waals surface area contributed by atoms with E-state index >= 15 is 0 Å². The number of carbonyl (C=O) groups is 3. The molecule has 7 heteroatoms. The average molecular weight is 378 g/mol. The van der Waals surface area contributed by atoms with Gasteiger partial charge in [-0.2, -0.15) is 0 Å². The van der Waals surface area contributed by atoms with Crippen molar-refractivity contribution in [1.82, 2.24) is 10.2 Å². The molecule has 1 aliphatic heterocycles. The SMILES string of the molecule is O=C(Nc1ccccc1)Nc1ccc(CN2C(=O)NC(=O)C23CCCC3)cc1. The number of amides is 5. The molecule has 1 spiro atoms. The van der Waals surface area contributed by atoms with E-state index in [-0.39, 0.29) is 18.0 Å². The molecule has 2 aliphatic rings. The Morgan fingerprint density at radius 2 is 1.54 bits per heavy atom. The Balaban J connectivity index is 1.40. The summed E-state index contributed by atoms with van der Waals surface area (Å²) in [5.74, 6) is -0.175. The second-order valence-corrected chi connectivity index (χ2v) is 7.23. The maximum atomic E-state index is 12.3. The van der Waals surface area contributed by atoms with Gasteiger partial charge in [-0.05, 0) is 42.7 Å². The van der Waals surface area contributed by atoms with Crippen molar-refractivity contribution in [2.45, 2.75) is 37.8 Å². The van der Waals surface area contributed by atoms with Crippen LogP contribution in [0.1, 0.15) is 31.2 Å². The molecule has 5 amide bonds. The summed E-state index contributed by atoms with van der Waals surface area (Å²) in [6, 6.07) is 15.8. The van der Waals surface area contributed by atoms with E-state index in [1.54, 1.807) is 17.0 Å². The van der Waals surface area contributed by atoms with Crippen molar-refractivity contribution >= 4 is 29.3 Å². The standard InChI is InChI=1S/C21H22N4O3/c26-18-21(12-4-5-13-21)25(20(28)24-18)14-15-8-10-17(11-9-15)23-19(27)22-16-6-2-1-3-7-16/h1-3,6-11H,4-5,12-14H2,(H2,22,23,27)(H,24,26,28). The van der Waals surface area contributed by atoms with Crippen LogP contribution in [0.3, 0.4) is 0 Å². The molecule has 1 heterocycles. The van der Waals surface area contributed by atoms with Crippen molar-refractivity contribution < 1.29 is 14.4 Å². The Bertz CT molecular complexity index is 890. The normalized spacial score (nSPS) is 17.6. The van der Waals surface area contributed by atoms with Gasteiger partial charge in [-0.3, -0.25) is 10.1 Å². The van der Waals surface area contributed by atoms with E-state index < -0.39 is 5.54 Å². The molecule has 2 fully saturated rings. The summed E-state index contributed by atoms with van der Waals surface area (Å²) in [4.78, 5) is 38.3. The molecule has 4 rings (SSSR count). The number of hydrogen-bond donors (Lipinski definition) is 3. The molecule has 0 radical (unpaired) electrons. The van der Waals surface area contributed by atoms with E-state index in [0.29, 0.717) is 30.8 Å². The van der Waals surface area contributed by atoms with Gasteiger partial charge in [-0.25, -0.2) is 9.59 Å². The summed E-state index contributed by atoms with van der Waals surface area (Å²) in [6.07, 6.45) is 3.33. The van der Waals surface area contributed by atoms with Crippen molar-refractivity contribution in [3.05, 3.63) is 60.2 Å². The lowest BCUT2D eigenvalue weighted by Gasteiger charge is -2.31. The lowest BCUT2D eigenvalue weighted by atomic mass is 9.95. The van der Waals surface area contributed by atoms with Crippen molar-refractivity contribution in [2.75, 3.05) is 10.6 Å². The Morgan fingerprint density at radius 1 is 0.929 bits per heavy atom. The van der Waals surface area contributed by atoms with Gasteiger partial charge in [0.15, 0.2) is 0 Å². The largest absolute Gasteiger partial charge is 0.325 e. The number of nitrogens with zero attached hydrogens (tertiary/aromatic N) is 1. The number of para-hydroxylation sites is 1. The summed E-state index contributed by atoms with van der Waals surface area (Å²) in [6.45, 7) is 0.369. The zero-order valence-corrected chi connectivity index (χ0v) is 15.4. The molecule has 2 aromatic rings. The predicted octanol–water partition coefficient (Wildman–Crippen LogP) is 3.70. The number of rotatable bonds is 4. The average Bonchev–Trinajstić information content (AvgIpc) is 3.26. The highest BCUT2D eigenvalue weighted by atomic mass is 16.2. The van der Waals surface area contributed by atoms with Crippen LogP contribution in [0.25, 0.3) is 0 Å². The van der Waals surface area contributed by atoms with Crippen LogP contribution < -0.4 is 16.0 Å². The zero-order valence-electron chi connectivity index (χ0n) is 15.4. The molecule has 1 saturated carbocycles. The minimum Gasteiger partial charge on any atom is -0.308 e. The van der Waals surface area contributed by atoms with Crippen LogP contribution in [-0.4, -0.2) is 28.4 Å². The molecule has 7 nitrogen and oxygen atoms in total. The van der Waals surface area contributed by atoms with E-state index in [2.05, 4.69) is 16.0 Å². The molecule has 0 unspecified atom stereocenters. The highest BCUT2D eigenvalue weighted by Gasteiger charge is 2.53. The summed E-state index contributed by atoms with van der Waals surface area (Å²) in [5.41, 5.74) is 1.58. The molecular formula is C21H22N4O3. The molecule has 1 aliphatic carbocycles. The number of imide groups is 1. The van der Waals surface area contributed by atoms with Crippen LogP contribution in [0.4, 0.5) is 21.0 Å². The number of benzene rings is 2. The van der Waals surface area contributed by atoms with Crippen LogP contribution >= 0.6 is 0 Å². The first kappa shape index (κ1) is 18.0. The molecule has 0 atom stereocenters. The van der Waals surface area contributed by atoms with Crippen molar-refractivity contribution in [3.63, 3.8) is 0 Å². The van der Waals surface area contributed by atoms with E-state index in [0.717, 1.165) is 18.4 Å². The van der Waals surface area contributed by atoms with Gasteiger partial charge in [-0.1, -0.05) is 43.2 Å². The Labute approximate surface area is 163 Å². The van der Waals surface area contributed by atoms with E-state index in [9.17, 15) is 14.4 Å². The van der Waals surface area contributed by atoms with E-state index in [1.807, 2.05) is 42.5 Å². The Kier molecular flexibility index (Phi) is 4.73. The second kappa shape index (κ2) is 7.34. The van der Waals surface area contributed by atoms with Crippen LogP contribution in [0, 0.1) is 0 Å². The molecule has 1 saturated heterocycles. The molecular weight excluding hydrogens is 356 g/mol. The van der Waals surface area contributed by atoms with Gasteiger partial charge in [0.1, 0.15) is 5.54 Å². The lowest BCUT2D eigenvalue weighted by molar-refractivity contribution is -0.126. The summed E-state index contributed by atoms with van der Waals surface area (Å²) >= 11 is 0. The van der Waals surface area contributed by atoms with Crippen LogP contribution in [0.5, 0.6) is 0 Å². The smallest absolute Gasteiger partial charge is 0.308 e. The second-order valence-electron chi connectivity index (χ2n) is 7.23. The monoisotopic (exact) mass is 378 g/mol. The molecule has 3 N–H and O–H groups in total. The van der Waals surface area contributed by atoms with Gasteiger partial charge >= 0.3 is 12.1 Å². The van der Waals surface area contributed by atoms with Gasteiger partial charge in [0.25, 0.3) is 5.91 Å². The molecule has 0 bridgehead atoms. The van der Waals surface area contributed by atoms with Gasteiger partial charge < -0.3 is 15.5 Å². The Hall–Kier alpha value is -3.35. The third-order valence-electron chi connectivity index (χ3n) is 5.42. The third kappa shape index (κ3) is 3.43. The molecule has 28 heavy (non-hydrogen) atoms. The minimum atomic E-state index is -0.691.